The fourth-order valence-corrected chi connectivity index (χ4v) is 1.18. The van der Waals surface area contributed by atoms with Gasteiger partial charge in [-0.15, -0.1) is 0 Å². The Morgan fingerprint density at radius 2 is 1.85 bits per heavy atom. The zero-order valence-electron chi connectivity index (χ0n) is 9.66. The van der Waals surface area contributed by atoms with Crippen molar-refractivity contribution in [2.45, 2.75) is 20.0 Å². The highest BCUT2D eigenvalue weighted by Gasteiger charge is 2.10. The van der Waals surface area contributed by atoms with Crippen molar-refractivity contribution in [1.29, 1.82) is 0 Å². The van der Waals surface area contributed by atoms with Crippen molar-refractivity contribution in [3.8, 4) is 0 Å². The second kappa shape index (κ2) is 5.86. The third-order valence-corrected chi connectivity index (χ3v) is 1.74. The van der Waals surface area contributed by atoms with E-state index in [4.69, 9.17) is 4.74 Å². The summed E-state index contributed by atoms with van der Waals surface area (Å²) >= 11 is 0. The van der Waals surface area contributed by atoms with Gasteiger partial charge in [0.2, 0.25) is 0 Å². The molecule has 0 aromatic heterocycles. The van der Waals surface area contributed by atoms with Crippen molar-refractivity contribution in [3.05, 3.63) is 11.9 Å². The number of nitrogens with zero attached hydrogens (tertiary/aromatic N) is 2. The predicted molar refractivity (Wildman–Crippen MR) is 56.5 cm³/mol. The van der Waals surface area contributed by atoms with Crippen molar-refractivity contribution in [1.82, 2.24) is 9.80 Å². The van der Waals surface area contributed by atoms with Gasteiger partial charge in [-0.2, -0.15) is 0 Å². The molecule has 0 N–H and O–H groups in total. The largest absolute Gasteiger partial charge is 0.382 e. The summed E-state index contributed by atoms with van der Waals surface area (Å²) in [6, 6.07) is 0. The number of hydrogen-bond acceptors (Lipinski definition) is 3. The molecule has 0 aromatic carbocycles. The molecule has 3 heteroatoms. The average molecular weight is 186 g/mol. The highest BCUT2D eigenvalue weighted by molar-refractivity contribution is 5.03. The van der Waals surface area contributed by atoms with Gasteiger partial charge in [0.05, 0.1) is 11.8 Å². The summed E-state index contributed by atoms with van der Waals surface area (Å²) in [5.74, 6) is 0. The van der Waals surface area contributed by atoms with Crippen LogP contribution >= 0.6 is 0 Å². The van der Waals surface area contributed by atoms with E-state index >= 15 is 0 Å². The van der Waals surface area contributed by atoms with Crippen molar-refractivity contribution >= 4 is 0 Å². The van der Waals surface area contributed by atoms with E-state index in [2.05, 4.69) is 18.0 Å². The van der Waals surface area contributed by atoms with E-state index in [9.17, 15) is 0 Å². The second-order valence-corrected chi connectivity index (χ2v) is 3.51. The van der Waals surface area contributed by atoms with E-state index in [1.807, 2.05) is 40.0 Å². The van der Waals surface area contributed by atoms with Gasteiger partial charge in [0.15, 0.2) is 0 Å². The molecule has 13 heavy (non-hydrogen) atoms. The first kappa shape index (κ1) is 12.3. The first-order valence-corrected chi connectivity index (χ1v) is 4.66. The molecule has 1 atom stereocenters. The van der Waals surface area contributed by atoms with Crippen LogP contribution in [0.2, 0.25) is 0 Å². The minimum Gasteiger partial charge on any atom is -0.382 e. The number of rotatable bonds is 5. The van der Waals surface area contributed by atoms with Gasteiger partial charge >= 0.3 is 0 Å². The zero-order valence-corrected chi connectivity index (χ0v) is 9.66. The standard InChI is InChI=1S/C10H22N2O/c1-7-13-9(2)10(12(5)6)8-11(3)4/h8-9H,7H2,1-6H3/b10-8+. The SMILES string of the molecule is CCOC(C)/C(=C\N(C)C)N(C)C. The van der Waals surface area contributed by atoms with E-state index in [0.717, 1.165) is 6.61 Å². The average Bonchev–Trinajstić information content (AvgIpc) is 1.99. The summed E-state index contributed by atoms with van der Waals surface area (Å²) in [5.41, 5.74) is 1.19. The van der Waals surface area contributed by atoms with Gasteiger partial charge in [-0.3, -0.25) is 0 Å². The Labute approximate surface area is 82.0 Å². The minimum atomic E-state index is 0.155. The Morgan fingerprint density at radius 3 is 2.15 bits per heavy atom. The van der Waals surface area contributed by atoms with Crippen LogP contribution in [-0.2, 0) is 4.74 Å². The molecule has 0 aromatic rings. The third kappa shape index (κ3) is 4.78. The van der Waals surface area contributed by atoms with Crippen LogP contribution in [0.4, 0.5) is 0 Å². The van der Waals surface area contributed by atoms with Gasteiger partial charge in [-0.1, -0.05) is 0 Å². The Morgan fingerprint density at radius 1 is 1.31 bits per heavy atom. The van der Waals surface area contributed by atoms with E-state index in [-0.39, 0.29) is 6.10 Å². The van der Waals surface area contributed by atoms with Gasteiger partial charge < -0.3 is 14.5 Å². The molecule has 0 rings (SSSR count). The third-order valence-electron chi connectivity index (χ3n) is 1.74. The van der Waals surface area contributed by atoms with Crippen LogP contribution in [0, 0.1) is 0 Å². The lowest BCUT2D eigenvalue weighted by molar-refractivity contribution is 0.0834. The molecular weight excluding hydrogens is 164 g/mol. The highest BCUT2D eigenvalue weighted by Crippen LogP contribution is 2.09. The number of hydrogen-bond donors (Lipinski definition) is 0. The molecule has 0 radical (unpaired) electrons. The highest BCUT2D eigenvalue weighted by atomic mass is 16.5. The summed E-state index contributed by atoms with van der Waals surface area (Å²) in [7, 11) is 8.10. The molecule has 0 aliphatic rings. The lowest BCUT2D eigenvalue weighted by Crippen LogP contribution is -2.25. The topological polar surface area (TPSA) is 15.7 Å². The molecule has 3 nitrogen and oxygen atoms in total. The maximum Gasteiger partial charge on any atom is 0.0957 e. The van der Waals surface area contributed by atoms with Crippen LogP contribution in [0.3, 0.4) is 0 Å². The van der Waals surface area contributed by atoms with Crippen molar-refractivity contribution < 1.29 is 4.74 Å². The maximum atomic E-state index is 5.53. The molecule has 0 saturated heterocycles. The quantitative estimate of drug-likeness (QED) is 0.645. The van der Waals surface area contributed by atoms with Crippen molar-refractivity contribution in [2.75, 3.05) is 34.8 Å². The summed E-state index contributed by atoms with van der Waals surface area (Å²) in [5, 5.41) is 0. The Hall–Kier alpha value is -0.700. The molecule has 0 amide bonds. The van der Waals surface area contributed by atoms with Gasteiger partial charge in [0, 0.05) is 41.0 Å². The van der Waals surface area contributed by atoms with Crippen LogP contribution in [-0.4, -0.2) is 50.7 Å². The van der Waals surface area contributed by atoms with E-state index in [0.29, 0.717) is 0 Å². The van der Waals surface area contributed by atoms with Crippen molar-refractivity contribution in [3.63, 3.8) is 0 Å². The lowest BCUT2D eigenvalue weighted by atomic mass is 10.3. The molecule has 0 saturated carbocycles. The Bertz CT molecular complexity index is 164. The molecular formula is C10H22N2O. The van der Waals surface area contributed by atoms with E-state index in [1.54, 1.807) is 0 Å². The summed E-state index contributed by atoms with van der Waals surface area (Å²) in [6.07, 6.45) is 2.24. The van der Waals surface area contributed by atoms with Crippen LogP contribution < -0.4 is 0 Å². The maximum absolute atomic E-state index is 5.53. The Kier molecular flexibility index (Phi) is 5.55. The molecule has 0 spiro atoms. The normalized spacial score (nSPS) is 14.2. The summed E-state index contributed by atoms with van der Waals surface area (Å²) in [4.78, 5) is 4.12. The smallest absolute Gasteiger partial charge is 0.0957 e. The van der Waals surface area contributed by atoms with Crippen LogP contribution in [0.25, 0.3) is 0 Å². The molecule has 0 aliphatic heterocycles. The number of likely N-dealkylation sites (N-methyl/N-ethyl adjacent to an activating group) is 1. The monoisotopic (exact) mass is 186 g/mol. The zero-order chi connectivity index (χ0) is 10.4. The first-order chi connectivity index (χ1) is 5.99. The lowest BCUT2D eigenvalue weighted by Gasteiger charge is -2.24. The van der Waals surface area contributed by atoms with Gasteiger partial charge in [0.1, 0.15) is 0 Å². The molecule has 0 heterocycles. The van der Waals surface area contributed by atoms with Gasteiger partial charge in [-0.05, 0) is 13.8 Å². The van der Waals surface area contributed by atoms with Gasteiger partial charge in [-0.25, -0.2) is 0 Å². The predicted octanol–water partition coefficient (Wildman–Crippen LogP) is 1.38. The summed E-state index contributed by atoms with van der Waals surface area (Å²) < 4.78 is 5.53. The van der Waals surface area contributed by atoms with Crippen LogP contribution in [0.15, 0.2) is 11.9 Å². The van der Waals surface area contributed by atoms with Gasteiger partial charge in [0.25, 0.3) is 0 Å². The minimum absolute atomic E-state index is 0.155. The van der Waals surface area contributed by atoms with E-state index < -0.39 is 0 Å². The fourth-order valence-electron chi connectivity index (χ4n) is 1.18. The molecule has 0 fully saturated rings. The number of ether oxygens (including phenoxy) is 1. The molecule has 78 valence electrons. The van der Waals surface area contributed by atoms with E-state index in [1.165, 1.54) is 5.70 Å². The molecule has 0 bridgehead atoms. The first-order valence-electron chi connectivity index (χ1n) is 4.66. The second-order valence-electron chi connectivity index (χ2n) is 3.51. The van der Waals surface area contributed by atoms with Crippen LogP contribution in [0.1, 0.15) is 13.8 Å². The molecule has 1 unspecified atom stereocenters. The van der Waals surface area contributed by atoms with Crippen LogP contribution in [0.5, 0.6) is 0 Å². The molecule has 0 aliphatic carbocycles. The Balaban J connectivity index is 4.41. The fraction of sp³-hybridized carbons (Fsp3) is 0.800. The van der Waals surface area contributed by atoms with Crippen molar-refractivity contribution in [2.24, 2.45) is 0 Å². The summed E-state index contributed by atoms with van der Waals surface area (Å²) in [6.45, 7) is 4.83.